The molecule has 18 heavy (non-hydrogen) atoms. The van der Waals surface area contributed by atoms with Gasteiger partial charge in [-0.15, -0.1) is 0 Å². The third kappa shape index (κ3) is 3.01. The van der Waals surface area contributed by atoms with Gasteiger partial charge in [-0.1, -0.05) is 12.1 Å². The molecule has 4 heteroatoms. The third-order valence-corrected chi connectivity index (χ3v) is 3.66. The molecule has 1 aromatic carbocycles. The number of hydrogen-bond acceptors (Lipinski definition) is 3. The van der Waals surface area contributed by atoms with Gasteiger partial charge in [-0.2, -0.15) is 0 Å². The number of para-hydroxylation sites is 1. The fourth-order valence-corrected chi connectivity index (χ4v) is 2.56. The van der Waals surface area contributed by atoms with E-state index < -0.39 is 5.97 Å². The first-order chi connectivity index (χ1) is 8.70. The van der Waals surface area contributed by atoms with Crippen LogP contribution < -0.4 is 14.7 Å². The van der Waals surface area contributed by atoms with Gasteiger partial charge >= 0.3 is 0 Å². The van der Waals surface area contributed by atoms with Gasteiger partial charge in [-0.3, -0.25) is 0 Å². The van der Waals surface area contributed by atoms with Crippen LogP contribution in [0.25, 0.3) is 0 Å². The van der Waals surface area contributed by atoms with E-state index in [1.165, 1.54) is 10.5 Å². The van der Waals surface area contributed by atoms with Crippen LogP contribution in [0.2, 0.25) is 0 Å². The van der Waals surface area contributed by atoms with Crippen molar-refractivity contribution in [1.82, 2.24) is 0 Å². The fourth-order valence-electron chi connectivity index (χ4n) is 2.56. The maximum Gasteiger partial charge on any atom is 0.127 e. The Balaban J connectivity index is 1.93. The molecule has 2 rings (SSSR count). The Morgan fingerprint density at radius 1 is 1.39 bits per heavy atom. The molecule has 0 atom stereocenters. The number of likely N-dealkylation sites (tertiary alicyclic amines) is 1. The normalized spacial score (nSPS) is 23.6. The highest BCUT2D eigenvalue weighted by Crippen LogP contribution is 2.16. The Kier molecular flexibility index (Phi) is 4.20. The molecule has 98 valence electrons. The average Bonchev–Trinajstić information content (AvgIpc) is 2.40. The second-order valence-corrected chi connectivity index (χ2v) is 4.83. The quantitative estimate of drug-likeness (QED) is 0.763. The zero-order chi connectivity index (χ0) is 13.0. The van der Waals surface area contributed by atoms with Crippen molar-refractivity contribution >= 4 is 5.97 Å². The predicted molar refractivity (Wildman–Crippen MR) is 65.1 cm³/mol. The smallest absolute Gasteiger partial charge is 0.127 e. The van der Waals surface area contributed by atoms with E-state index >= 15 is 0 Å². The molecule has 1 heterocycles. The zero-order valence-electron chi connectivity index (χ0n) is 10.6. The molecule has 0 saturated carbocycles. The van der Waals surface area contributed by atoms with Gasteiger partial charge in [-0.05, 0) is 12.1 Å². The molecule has 0 aromatic heterocycles. The Bertz CT molecular complexity index is 411. The summed E-state index contributed by atoms with van der Waals surface area (Å²) in [6.45, 7) is 2.66. The van der Waals surface area contributed by atoms with Crippen LogP contribution in [0.3, 0.4) is 0 Å². The van der Waals surface area contributed by atoms with Crippen molar-refractivity contribution in [2.75, 3.05) is 20.2 Å². The van der Waals surface area contributed by atoms with Gasteiger partial charge in [0.15, 0.2) is 0 Å². The summed E-state index contributed by atoms with van der Waals surface area (Å²) >= 11 is 0. The first kappa shape index (κ1) is 12.9. The Morgan fingerprint density at radius 3 is 2.67 bits per heavy atom. The highest BCUT2D eigenvalue weighted by Gasteiger charge is 2.23. The summed E-state index contributed by atoms with van der Waals surface area (Å²) in [5.74, 6) is -0.246. The van der Waals surface area contributed by atoms with Gasteiger partial charge < -0.3 is 19.5 Å². The third-order valence-electron chi connectivity index (χ3n) is 3.66. The molecule has 4 nitrogen and oxygen atoms in total. The molecule has 0 aliphatic carbocycles. The minimum absolute atomic E-state index is 0.258. The SMILES string of the molecule is COc1ccccc1C[NH+]1CCC(C(=O)[O-])CC1. The minimum Gasteiger partial charge on any atom is -0.550 e. The second-order valence-electron chi connectivity index (χ2n) is 4.83. The molecule has 0 radical (unpaired) electrons. The lowest BCUT2D eigenvalue weighted by Gasteiger charge is -2.30. The Hall–Kier alpha value is -1.55. The fraction of sp³-hybridized carbons (Fsp3) is 0.500. The number of carboxylic acid groups (broad SMARTS) is 1. The summed E-state index contributed by atoms with van der Waals surface area (Å²) in [5, 5.41) is 10.8. The number of aliphatic carboxylic acids is 1. The van der Waals surface area contributed by atoms with Crippen molar-refractivity contribution < 1.29 is 19.5 Å². The van der Waals surface area contributed by atoms with Crippen LogP contribution in [-0.2, 0) is 11.3 Å². The minimum atomic E-state index is -0.897. The van der Waals surface area contributed by atoms with Crippen molar-refractivity contribution in [3.05, 3.63) is 29.8 Å². The monoisotopic (exact) mass is 249 g/mol. The molecule has 0 unspecified atom stereocenters. The van der Waals surface area contributed by atoms with Crippen LogP contribution in [-0.4, -0.2) is 26.2 Å². The summed E-state index contributed by atoms with van der Waals surface area (Å²) in [6, 6.07) is 7.99. The average molecular weight is 249 g/mol. The number of piperidine rings is 1. The van der Waals surface area contributed by atoms with E-state index in [1.807, 2.05) is 18.2 Å². The van der Waals surface area contributed by atoms with E-state index in [2.05, 4.69) is 6.07 Å². The second kappa shape index (κ2) is 5.87. The lowest BCUT2D eigenvalue weighted by atomic mass is 9.97. The number of ether oxygens (including phenoxy) is 1. The topological polar surface area (TPSA) is 53.8 Å². The lowest BCUT2D eigenvalue weighted by molar-refractivity contribution is -0.919. The van der Waals surface area contributed by atoms with E-state index in [4.69, 9.17) is 4.74 Å². The van der Waals surface area contributed by atoms with Crippen LogP contribution in [0.15, 0.2) is 24.3 Å². The van der Waals surface area contributed by atoms with Crippen molar-refractivity contribution in [2.45, 2.75) is 19.4 Å². The maximum atomic E-state index is 10.8. The number of nitrogens with one attached hydrogen (secondary N) is 1. The predicted octanol–water partition coefficient (Wildman–Crippen LogP) is -0.760. The number of rotatable bonds is 4. The molecule has 0 bridgehead atoms. The van der Waals surface area contributed by atoms with Crippen LogP contribution >= 0.6 is 0 Å². The Morgan fingerprint density at radius 2 is 2.06 bits per heavy atom. The molecule has 1 aliphatic rings. The van der Waals surface area contributed by atoms with Gasteiger partial charge in [0.25, 0.3) is 0 Å². The van der Waals surface area contributed by atoms with Gasteiger partial charge in [-0.25, -0.2) is 0 Å². The van der Waals surface area contributed by atoms with Gasteiger partial charge in [0.2, 0.25) is 0 Å². The molecular weight excluding hydrogens is 230 g/mol. The van der Waals surface area contributed by atoms with E-state index in [0.717, 1.165) is 25.4 Å². The van der Waals surface area contributed by atoms with Crippen LogP contribution in [0.4, 0.5) is 0 Å². The lowest BCUT2D eigenvalue weighted by Crippen LogP contribution is -3.11. The zero-order valence-corrected chi connectivity index (χ0v) is 10.6. The molecule has 1 N–H and O–H groups in total. The summed E-state index contributed by atoms with van der Waals surface area (Å²) in [5.41, 5.74) is 1.18. The largest absolute Gasteiger partial charge is 0.550 e. The van der Waals surface area contributed by atoms with Crippen molar-refractivity contribution in [2.24, 2.45) is 5.92 Å². The van der Waals surface area contributed by atoms with Crippen LogP contribution in [0, 0.1) is 5.92 Å². The van der Waals surface area contributed by atoms with Gasteiger partial charge in [0.05, 0.1) is 20.2 Å². The molecule has 1 fully saturated rings. The van der Waals surface area contributed by atoms with Crippen molar-refractivity contribution in [1.29, 1.82) is 0 Å². The first-order valence-electron chi connectivity index (χ1n) is 6.37. The number of carboxylic acids is 1. The van der Waals surface area contributed by atoms with E-state index in [-0.39, 0.29) is 5.92 Å². The maximum absolute atomic E-state index is 10.8. The number of methoxy groups -OCH3 is 1. The Labute approximate surface area is 107 Å². The number of quaternary nitrogens is 1. The highest BCUT2D eigenvalue weighted by molar-refractivity contribution is 5.67. The number of hydrogen-bond donors (Lipinski definition) is 1. The van der Waals surface area contributed by atoms with Crippen molar-refractivity contribution in [3.8, 4) is 5.75 Å². The van der Waals surface area contributed by atoms with Gasteiger partial charge in [0.1, 0.15) is 12.3 Å². The summed E-state index contributed by atoms with van der Waals surface area (Å²) < 4.78 is 5.33. The van der Waals surface area contributed by atoms with Crippen molar-refractivity contribution in [3.63, 3.8) is 0 Å². The van der Waals surface area contributed by atoms with E-state index in [9.17, 15) is 9.90 Å². The number of benzene rings is 1. The van der Waals surface area contributed by atoms with Gasteiger partial charge in [0, 0.05) is 30.3 Å². The summed E-state index contributed by atoms with van der Waals surface area (Å²) in [7, 11) is 1.68. The molecule has 1 aromatic rings. The number of carbonyl (C=O) groups excluding carboxylic acids is 1. The van der Waals surface area contributed by atoms with E-state index in [0.29, 0.717) is 12.8 Å². The summed E-state index contributed by atoms with van der Waals surface area (Å²) in [6.07, 6.45) is 1.43. The molecule has 1 aliphatic heterocycles. The number of carbonyl (C=O) groups is 1. The standard InChI is InChI=1S/C14H19NO3/c1-18-13-5-3-2-4-12(13)10-15-8-6-11(7-9-15)14(16)17/h2-5,11H,6-10H2,1H3,(H,16,17). The molecular formula is C14H19NO3. The highest BCUT2D eigenvalue weighted by atomic mass is 16.5. The van der Waals surface area contributed by atoms with Crippen LogP contribution in [0.5, 0.6) is 5.75 Å². The summed E-state index contributed by atoms with van der Waals surface area (Å²) in [4.78, 5) is 12.2. The van der Waals surface area contributed by atoms with Crippen LogP contribution in [0.1, 0.15) is 18.4 Å². The van der Waals surface area contributed by atoms with E-state index in [1.54, 1.807) is 7.11 Å². The first-order valence-corrected chi connectivity index (χ1v) is 6.37. The molecule has 0 spiro atoms. The molecule has 0 amide bonds. The molecule has 1 saturated heterocycles.